The van der Waals surface area contributed by atoms with E-state index in [2.05, 4.69) is 65.6 Å². The highest BCUT2D eigenvalue weighted by Crippen LogP contribution is 2.38. The van der Waals surface area contributed by atoms with Crippen molar-refractivity contribution in [3.63, 3.8) is 0 Å². The van der Waals surface area contributed by atoms with E-state index in [0.717, 1.165) is 34.6 Å². The van der Waals surface area contributed by atoms with Gasteiger partial charge < -0.3 is 14.6 Å². The maximum atomic E-state index is 10.6. The number of benzene rings is 5. The van der Waals surface area contributed by atoms with Gasteiger partial charge in [0, 0.05) is 18.4 Å². The zero-order valence-electron chi connectivity index (χ0n) is 20.7. The Hall–Kier alpha value is -4.55. The summed E-state index contributed by atoms with van der Waals surface area (Å²) >= 11 is 0. The van der Waals surface area contributed by atoms with Crippen LogP contribution in [0.4, 0.5) is 0 Å². The van der Waals surface area contributed by atoms with Crippen LogP contribution in [-0.2, 0) is 4.74 Å². The van der Waals surface area contributed by atoms with Crippen molar-refractivity contribution in [1.82, 2.24) is 15.0 Å². The van der Waals surface area contributed by atoms with Crippen LogP contribution in [0.1, 0.15) is 12.8 Å². The number of aromatic hydroxyl groups is 1. The molecule has 0 bridgehead atoms. The number of fused-ring (bicyclic) bond motifs is 5. The molecule has 6 aromatic rings. The summed E-state index contributed by atoms with van der Waals surface area (Å²) in [5.74, 6) is 0.986. The molecule has 1 saturated heterocycles. The van der Waals surface area contributed by atoms with E-state index in [0.29, 0.717) is 30.4 Å². The number of para-hydroxylation sites is 1. The molecule has 0 unspecified atom stereocenters. The molecule has 0 atom stereocenters. The lowest BCUT2D eigenvalue weighted by molar-refractivity contribution is 0.0217. The van der Waals surface area contributed by atoms with Gasteiger partial charge in [0.25, 0.3) is 0 Å². The van der Waals surface area contributed by atoms with Gasteiger partial charge in [-0.3, -0.25) is 0 Å². The molecule has 7 rings (SSSR count). The molecule has 1 fully saturated rings. The minimum atomic E-state index is -0.0338. The summed E-state index contributed by atoms with van der Waals surface area (Å²) in [6, 6.07) is 30.6. The lowest BCUT2D eigenvalue weighted by atomic mass is 9.93. The molecule has 1 aliphatic heterocycles. The third-order valence-electron chi connectivity index (χ3n) is 7.21. The van der Waals surface area contributed by atoms with E-state index < -0.39 is 0 Å². The van der Waals surface area contributed by atoms with Crippen LogP contribution < -0.4 is 4.74 Å². The third-order valence-corrected chi connectivity index (χ3v) is 7.21. The number of hydrogen-bond donors (Lipinski definition) is 1. The molecule has 1 aliphatic rings. The van der Waals surface area contributed by atoms with Crippen LogP contribution in [-0.4, -0.2) is 39.4 Å². The Kier molecular flexibility index (Phi) is 5.60. The Morgan fingerprint density at radius 2 is 1.29 bits per heavy atom. The number of phenols is 1. The number of nitrogens with zero attached hydrogens (tertiary/aromatic N) is 3. The van der Waals surface area contributed by atoms with Gasteiger partial charge in [-0.25, -0.2) is 4.98 Å². The Morgan fingerprint density at radius 1 is 0.632 bits per heavy atom. The molecule has 5 aromatic carbocycles. The Labute approximate surface area is 219 Å². The second kappa shape index (κ2) is 9.39. The lowest BCUT2D eigenvalue weighted by Crippen LogP contribution is -2.26. The molecule has 0 spiro atoms. The Morgan fingerprint density at radius 3 is 2.11 bits per heavy atom. The fourth-order valence-electron chi connectivity index (χ4n) is 5.30. The summed E-state index contributed by atoms with van der Waals surface area (Å²) in [5.41, 5.74) is 1.42. The third kappa shape index (κ3) is 3.99. The van der Waals surface area contributed by atoms with Crippen molar-refractivity contribution in [3.05, 3.63) is 91.0 Å². The van der Waals surface area contributed by atoms with Crippen LogP contribution in [0, 0.1) is 0 Å². The van der Waals surface area contributed by atoms with E-state index >= 15 is 0 Å². The van der Waals surface area contributed by atoms with Gasteiger partial charge in [-0.1, -0.05) is 72.8 Å². The summed E-state index contributed by atoms with van der Waals surface area (Å²) in [7, 11) is 0. The van der Waals surface area contributed by atoms with Crippen molar-refractivity contribution >= 4 is 32.3 Å². The molecule has 0 amide bonds. The van der Waals surface area contributed by atoms with Crippen molar-refractivity contribution < 1.29 is 14.6 Å². The Balaban J connectivity index is 1.49. The molecular formula is C32H25N3O3. The van der Waals surface area contributed by atoms with Crippen molar-refractivity contribution in [2.75, 3.05) is 13.2 Å². The maximum absolute atomic E-state index is 10.6. The predicted molar refractivity (Wildman–Crippen MR) is 149 cm³/mol. The van der Waals surface area contributed by atoms with Gasteiger partial charge in [0.2, 0.25) is 0 Å². The first-order valence-corrected chi connectivity index (χ1v) is 12.9. The molecule has 6 heteroatoms. The molecule has 0 radical (unpaired) electrons. The second-order valence-corrected chi connectivity index (χ2v) is 9.56. The van der Waals surface area contributed by atoms with Gasteiger partial charge in [0.1, 0.15) is 11.9 Å². The minimum absolute atomic E-state index is 0.0338. The smallest absolute Gasteiger partial charge is 0.320 e. The predicted octanol–water partition coefficient (Wildman–Crippen LogP) is 6.93. The van der Waals surface area contributed by atoms with Gasteiger partial charge >= 0.3 is 6.01 Å². The fourth-order valence-corrected chi connectivity index (χ4v) is 5.30. The average Bonchev–Trinajstić information content (AvgIpc) is 2.97. The van der Waals surface area contributed by atoms with Crippen molar-refractivity contribution in [2.24, 2.45) is 0 Å². The van der Waals surface area contributed by atoms with Crippen LogP contribution in [0.15, 0.2) is 91.0 Å². The van der Waals surface area contributed by atoms with Crippen molar-refractivity contribution in [1.29, 1.82) is 0 Å². The van der Waals surface area contributed by atoms with E-state index in [1.165, 1.54) is 16.2 Å². The van der Waals surface area contributed by atoms with Gasteiger partial charge in [0.15, 0.2) is 11.6 Å². The number of aromatic nitrogens is 3. The lowest BCUT2D eigenvalue weighted by Gasteiger charge is -2.22. The highest BCUT2D eigenvalue weighted by Gasteiger charge is 2.21. The fraction of sp³-hybridized carbons (Fsp3) is 0.156. The Bertz CT molecular complexity index is 1810. The first kappa shape index (κ1) is 22.6. The molecule has 1 aromatic heterocycles. The summed E-state index contributed by atoms with van der Waals surface area (Å²) in [4.78, 5) is 14.3. The maximum Gasteiger partial charge on any atom is 0.320 e. The van der Waals surface area contributed by atoms with Gasteiger partial charge in [0.05, 0.1) is 18.8 Å². The molecule has 6 nitrogen and oxygen atoms in total. The van der Waals surface area contributed by atoms with Crippen molar-refractivity contribution in [3.8, 4) is 34.5 Å². The molecule has 38 heavy (non-hydrogen) atoms. The van der Waals surface area contributed by atoms with Crippen LogP contribution in [0.25, 0.3) is 55.1 Å². The number of rotatable bonds is 4. The van der Waals surface area contributed by atoms with Crippen molar-refractivity contribution in [2.45, 2.75) is 18.9 Å². The van der Waals surface area contributed by atoms with Gasteiger partial charge in [-0.05, 0) is 50.5 Å². The first-order valence-electron chi connectivity index (χ1n) is 12.9. The summed E-state index contributed by atoms with van der Waals surface area (Å²) in [6.07, 6.45) is 1.52. The first-order chi connectivity index (χ1) is 18.7. The monoisotopic (exact) mass is 499 g/mol. The summed E-state index contributed by atoms with van der Waals surface area (Å²) < 4.78 is 11.8. The molecule has 0 saturated carbocycles. The molecule has 2 heterocycles. The zero-order valence-corrected chi connectivity index (χ0v) is 20.7. The normalized spacial score (nSPS) is 14.3. The average molecular weight is 500 g/mol. The quantitative estimate of drug-likeness (QED) is 0.265. The van der Waals surface area contributed by atoms with Crippen LogP contribution in [0.5, 0.6) is 11.8 Å². The standard InChI is InChI=1S/C32H25N3O3/c36-29-12-6-5-11-26(29)30-33-31(35-32(34-30)38-21-15-17-37-18-16-21)28-19-27-22-8-2-1-7-20(22)13-14-25(27)23-9-3-4-10-24(23)28/h1-14,19,21,36H,15-18H2. The van der Waals surface area contributed by atoms with E-state index in [1.807, 2.05) is 12.1 Å². The van der Waals surface area contributed by atoms with Gasteiger partial charge in [-0.15, -0.1) is 0 Å². The number of phenolic OH excluding ortho intramolecular Hbond substituents is 1. The van der Waals surface area contributed by atoms with E-state index in [1.54, 1.807) is 18.2 Å². The largest absolute Gasteiger partial charge is 0.507 e. The molecule has 186 valence electrons. The number of hydrogen-bond acceptors (Lipinski definition) is 6. The number of ether oxygens (including phenoxy) is 2. The second-order valence-electron chi connectivity index (χ2n) is 9.56. The highest BCUT2D eigenvalue weighted by atomic mass is 16.5. The topological polar surface area (TPSA) is 77.4 Å². The molecule has 0 aliphatic carbocycles. The van der Waals surface area contributed by atoms with E-state index in [-0.39, 0.29) is 17.9 Å². The summed E-state index contributed by atoms with van der Waals surface area (Å²) in [6.45, 7) is 1.30. The van der Waals surface area contributed by atoms with Crippen LogP contribution in [0.3, 0.4) is 0 Å². The zero-order chi connectivity index (χ0) is 25.5. The van der Waals surface area contributed by atoms with E-state index in [9.17, 15) is 5.11 Å². The SMILES string of the molecule is Oc1ccccc1-c1nc(OC2CCOCC2)nc(-c2cc3c4ccccc4ccc3c3ccccc23)n1. The molecular weight excluding hydrogens is 474 g/mol. The molecule has 1 N–H and O–H groups in total. The summed E-state index contributed by atoms with van der Waals surface area (Å²) in [5, 5.41) is 17.4. The highest BCUT2D eigenvalue weighted by molar-refractivity contribution is 6.20. The van der Waals surface area contributed by atoms with Crippen LogP contribution in [0.2, 0.25) is 0 Å². The van der Waals surface area contributed by atoms with E-state index in [4.69, 9.17) is 19.4 Å². The van der Waals surface area contributed by atoms with Gasteiger partial charge in [-0.2, -0.15) is 9.97 Å². The minimum Gasteiger partial charge on any atom is -0.507 e. The van der Waals surface area contributed by atoms with Crippen LogP contribution >= 0.6 is 0 Å².